The Kier molecular flexibility index (Phi) is 5.24. The van der Waals surface area contributed by atoms with Crippen LogP contribution in [-0.2, 0) is 4.74 Å². The summed E-state index contributed by atoms with van der Waals surface area (Å²) in [5.74, 6) is 1.28. The van der Waals surface area contributed by atoms with E-state index in [0.29, 0.717) is 50.0 Å². The first-order chi connectivity index (χ1) is 9.76. The van der Waals surface area contributed by atoms with Gasteiger partial charge in [-0.15, -0.1) is 0 Å². The van der Waals surface area contributed by atoms with Crippen LogP contribution < -0.4 is 9.47 Å². The molecule has 1 aliphatic rings. The average molecular weight is 279 g/mol. The zero-order chi connectivity index (χ0) is 14.4. The minimum atomic E-state index is 0.00800. The molecule has 5 nitrogen and oxygen atoms in total. The topological polar surface area (TPSA) is 48.0 Å². The van der Waals surface area contributed by atoms with Gasteiger partial charge in [-0.25, -0.2) is 0 Å². The van der Waals surface area contributed by atoms with Crippen LogP contribution in [0.3, 0.4) is 0 Å². The first kappa shape index (κ1) is 14.7. The lowest BCUT2D eigenvalue weighted by molar-refractivity contribution is 0.0302. The molecular formula is C15H21NO4. The second kappa shape index (κ2) is 7.14. The van der Waals surface area contributed by atoms with Gasteiger partial charge in [0.1, 0.15) is 0 Å². The number of morpholine rings is 1. The van der Waals surface area contributed by atoms with E-state index in [1.54, 1.807) is 30.2 Å². The molecule has 0 unspecified atom stereocenters. The molecule has 1 aromatic carbocycles. The van der Waals surface area contributed by atoms with Gasteiger partial charge in [0, 0.05) is 18.7 Å². The Hall–Kier alpha value is -1.75. The van der Waals surface area contributed by atoms with Crippen molar-refractivity contribution >= 4 is 5.91 Å². The molecule has 2 rings (SSSR count). The molecule has 1 amide bonds. The molecule has 0 bridgehead atoms. The molecule has 20 heavy (non-hydrogen) atoms. The molecule has 0 spiro atoms. The Labute approximate surface area is 119 Å². The van der Waals surface area contributed by atoms with Crippen LogP contribution in [-0.4, -0.2) is 50.8 Å². The normalized spacial score (nSPS) is 15.0. The molecular weight excluding hydrogens is 258 g/mol. The maximum atomic E-state index is 12.4. The van der Waals surface area contributed by atoms with Crippen molar-refractivity contribution in [1.29, 1.82) is 0 Å². The zero-order valence-corrected chi connectivity index (χ0v) is 12.1. The van der Waals surface area contributed by atoms with Crippen molar-refractivity contribution < 1.29 is 19.0 Å². The number of benzene rings is 1. The van der Waals surface area contributed by atoms with Crippen molar-refractivity contribution in [3.8, 4) is 11.5 Å². The predicted molar refractivity (Wildman–Crippen MR) is 75.5 cm³/mol. The number of hydrogen-bond acceptors (Lipinski definition) is 4. The standard InChI is InChI=1S/C15H21NO4/c1-3-8-20-13-5-4-12(11-14(13)18-2)15(17)16-6-9-19-10-7-16/h4-5,11H,3,6-10H2,1-2H3. The van der Waals surface area contributed by atoms with Gasteiger partial charge in [0.25, 0.3) is 5.91 Å². The number of amides is 1. The third-order valence-electron chi connectivity index (χ3n) is 3.17. The van der Waals surface area contributed by atoms with Crippen LogP contribution in [0.15, 0.2) is 18.2 Å². The molecule has 0 radical (unpaired) electrons. The van der Waals surface area contributed by atoms with E-state index in [1.807, 2.05) is 6.92 Å². The van der Waals surface area contributed by atoms with Gasteiger partial charge in [-0.2, -0.15) is 0 Å². The number of rotatable bonds is 5. The molecule has 110 valence electrons. The second-order valence-electron chi connectivity index (χ2n) is 4.62. The number of nitrogens with zero attached hydrogens (tertiary/aromatic N) is 1. The Morgan fingerprint density at radius 2 is 2.05 bits per heavy atom. The summed E-state index contributed by atoms with van der Waals surface area (Å²) < 4.78 is 16.1. The average Bonchev–Trinajstić information content (AvgIpc) is 2.52. The minimum absolute atomic E-state index is 0.00800. The van der Waals surface area contributed by atoms with Gasteiger partial charge in [-0.1, -0.05) is 6.92 Å². The van der Waals surface area contributed by atoms with Crippen molar-refractivity contribution in [3.63, 3.8) is 0 Å². The van der Waals surface area contributed by atoms with E-state index in [1.165, 1.54) is 0 Å². The Balaban J connectivity index is 2.13. The molecule has 1 aromatic rings. The fourth-order valence-corrected chi connectivity index (χ4v) is 2.08. The summed E-state index contributed by atoms with van der Waals surface area (Å²) in [5, 5.41) is 0. The third-order valence-corrected chi connectivity index (χ3v) is 3.17. The smallest absolute Gasteiger partial charge is 0.254 e. The summed E-state index contributed by atoms with van der Waals surface area (Å²) in [6.07, 6.45) is 0.928. The SMILES string of the molecule is CCCOc1ccc(C(=O)N2CCOCC2)cc1OC. The van der Waals surface area contributed by atoms with Crippen molar-refractivity contribution in [2.45, 2.75) is 13.3 Å². The summed E-state index contributed by atoms with van der Waals surface area (Å²) in [4.78, 5) is 14.2. The molecule has 0 saturated carbocycles. The Morgan fingerprint density at radius 1 is 1.30 bits per heavy atom. The van der Waals surface area contributed by atoms with Gasteiger partial charge in [0.05, 0.1) is 26.9 Å². The van der Waals surface area contributed by atoms with Gasteiger partial charge in [0.15, 0.2) is 11.5 Å². The molecule has 0 atom stereocenters. The quantitative estimate of drug-likeness (QED) is 0.826. The highest BCUT2D eigenvalue weighted by atomic mass is 16.5. The molecule has 1 saturated heterocycles. The lowest BCUT2D eigenvalue weighted by Gasteiger charge is -2.27. The minimum Gasteiger partial charge on any atom is -0.493 e. The highest BCUT2D eigenvalue weighted by Gasteiger charge is 2.19. The maximum Gasteiger partial charge on any atom is 0.254 e. The Morgan fingerprint density at radius 3 is 2.70 bits per heavy atom. The van der Waals surface area contributed by atoms with Crippen LogP contribution in [0.25, 0.3) is 0 Å². The van der Waals surface area contributed by atoms with Crippen molar-refractivity contribution in [2.75, 3.05) is 40.0 Å². The molecule has 0 N–H and O–H groups in total. The molecule has 0 aliphatic carbocycles. The van der Waals surface area contributed by atoms with Crippen LogP contribution in [0.4, 0.5) is 0 Å². The van der Waals surface area contributed by atoms with E-state index >= 15 is 0 Å². The van der Waals surface area contributed by atoms with Crippen molar-refractivity contribution in [1.82, 2.24) is 4.90 Å². The first-order valence-electron chi connectivity index (χ1n) is 6.94. The molecule has 1 fully saturated rings. The Bertz CT molecular complexity index is 455. The van der Waals surface area contributed by atoms with E-state index in [-0.39, 0.29) is 5.91 Å². The third kappa shape index (κ3) is 3.42. The lowest BCUT2D eigenvalue weighted by Crippen LogP contribution is -2.40. The predicted octanol–water partition coefficient (Wildman–Crippen LogP) is 1.96. The van der Waals surface area contributed by atoms with Crippen LogP contribution >= 0.6 is 0 Å². The van der Waals surface area contributed by atoms with Crippen LogP contribution in [0.2, 0.25) is 0 Å². The summed E-state index contributed by atoms with van der Waals surface area (Å²) in [5.41, 5.74) is 0.618. The second-order valence-corrected chi connectivity index (χ2v) is 4.62. The van der Waals surface area contributed by atoms with Gasteiger partial charge >= 0.3 is 0 Å². The number of carbonyl (C=O) groups is 1. The van der Waals surface area contributed by atoms with Gasteiger partial charge in [-0.3, -0.25) is 4.79 Å². The van der Waals surface area contributed by atoms with Crippen molar-refractivity contribution in [2.24, 2.45) is 0 Å². The summed E-state index contributed by atoms with van der Waals surface area (Å²) >= 11 is 0. The number of methoxy groups -OCH3 is 1. The number of hydrogen-bond donors (Lipinski definition) is 0. The highest BCUT2D eigenvalue weighted by Crippen LogP contribution is 2.28. The van der Waals surface area contributed by atoms with E-state index in [0.717, 1.165) is 6.42 Å². The molecule has 1 heterocycles. The van der Waals surface area contributed by atoms with Crippen LogP contribution in [0, 0.1) is 0 Å². The largest absolute Gasteiger partial charge is 0.493 e. The van der Waals surface area contributed by atoms with Crippen LogP contribution in [0.5, 0.6) is 11.5 Å². The van der Waals surface area contributed by atoms with Gasteiger partial charge < -0.3 is 19.1 Å². The molecule has 0 aromatic heterocycles. The summed E-state index contributed by atoms with van der Waals surface area (Å²) in [7, 11) is 1.58. The summed E-state index contributed by atoms with van der Waals surface area (Å²) in [6.45, 7) is 5.14. The molecule has 5 heteroatoms. The van der Waals surface area contributed by atoms with E-state index in [9.17, 15) is 4.79 Å². The lowest BCUT2D eigenvalue weighted by atomic mass is 10.1. The highest BCUT2D eigenvalue weighted by molar-refractivity contribution is 5.95. The first-order valence-corrected chi connectivity index (χ1v) is 6.94. The van der Waals surface area contributed by atoms with Crippen molar-refractivity contribution in [3.05, 3.63) is 23.8 Å². The van der Waals surface area contributed by atoms with Gasteiger partial charge in [-0.05, 0) is 24.6 Å². The molecule has 1 aliphatic heterocycles. The summed E-state index contributed by atoms with van der Waals surface area (Å²) in [6, 6.07) is 5.32. The van der Waals surface area contributed by atoms with Gasteiger partial charge in [0.2, 0.25) is 0 Å². The van der Waals surface area contributed by atoms with E-state index in [4.69, 9.17) is 14.2 Å². The van der Waals surface area contributed by atoms with E-state index < -0.39 is 0 Å². The monoisotopic (exact) mass is 279 g/mol. The zero-order valence-electron chi connectivity index (χ0n) is 12.1. The fourth-order valence-electron chi connectivity index (χ4n) is 2.08. The number of ether oxygens (including phenoxy) is 3. The van der Waals surface area contributed by atoms with E-state index in [2.05, 4.69) is 0 Å². The number of carbonyl (C=O) groups excluding carboxylic acids is 1. The fraction of sp³-hybridized carbons (Fsp3) is 0.533. The maximum absolute atomic E-state index is 12.4. The van der Waals surface area contributed by atoms with Crippen LogP contribution in [0.1, 0.15) is 23.7 Å².